The van der Waals surface area contributed by atoms with Crippen molar-refractivity contribution in [1.29, 1.82) is 0 Å². The van der Waals surface area contributed by atoms with Crippen molar-refractivity contribution in [2.45, 2.75) is 39.9 Å². The lowest BCUT2D eigenvalue weighted by Crippen LogP contribution is -2.19. The van der Waals surface area contributed by atoms with Gasteiger partial charge in [-0.2, -0.15) is 5.10 Å². The smallest absolute Gasteiger partial charge is 0.159 e. The molecular weight excluding hydrogens is 403 g/mol. The fraction of sp³-hybridized carbons (Fsp3) is 0.286. The van der Waals surface area contributed by atoms with Gasteiger partial charge in [0.05, 0.1) is 12.2 Å². The van der Waals surface area contributed by atoms with E-state index in [4.69, 9.17) is 23.2 Å². The molecule has 0 radical (unpaired) electrons. The molecule has 148 valence electrons. The predicted molar refractivity (Wildman–Crippen MR) is 109 cm³/mol. The fourth-order valence-corrected chi connectivity index (χ4v) is 3.65. The number of aryl methyl sites for hydroxylation is 1. The van der Waals surface area contributed by atoms with Gasteiger partial charge in [0.2, 0.25) is 0 Å². The van der Waals surface area contributed by atoms with E-state index in [0.717, 1.165) is 28.6 Å². The Hall–Kier alpha value is -1.95. The molecule has 3 aromatic rings. The standard InChI is InChI=1S/C21H21Cl2F2N3/c1-12(15-7-8-20(24)21(25)9-15)26-10-16-13(2)27-28(14(16)3)11-17-18(22)5-4-6-19(17)23/h4-9,12,26H,10-11H2,1-3H3. The van der Waals surface area contributed by atoms with Crippen molar-refractivity contribution in [1.82, 2.24) is 15.1 Å². The maximum Gasteiger partial charge on any atom is 0.159 e. The average Bonchev–Trinajstić information content (AvgIpc) is 2.91. The summed E-state index contributed by atoms with van der Waals surface area (Å²) in [6, 6.07) is 9.22. The number of aromatic nitrogens is 2. The molecule has 0 aliphatic rings. The molecule has 28 heavy (non-hydrogen) atoms. The zero-order valence-corrected chi connectivity index (χ0v) is 17.4. The summed E-state index contributed by atoms with van der Waals surface area (Å²) in [6.07, 6.45) is 0. The van der Waals surface area contributed by atoms with Crippen LogP contribution in [0.3, 0.4) is 0 Å². The number of hydrogen-bond donors (Lipinski definition) is 1. The first kappa shape index (κ1) is 20.8. The summed E-state index contributed by atoms with van der Waals surface area (Å²) in [5, 5.41) is 9.17. The van der Waals surface area contributed by atoms with Crippen molar-refractivity contribution in [3.63, 3.8) is 0 Å². The zero-order chi connectivity index (χ0) is 20.4. The molecular formula is C21H21Cl2F2N3. The highest BCUT2D eigenvalue weighted by molar-refractivity contribution is 6.35. The Labute approximate surface area is 173 Å². The second-order valence-electron chi connectivity index (χ2n) is 6.78. The van der Waals surface area contributed by atoms with E-state index in [1.54, 1.807) is 18.2 Å². The summed E-state index contributed by atoms with van der Waals surface area (Å²) in [4.78, 5) is 0. The predicted octanol–water partition coefficient (Wildman–Crippen LogP) is 5.98. The Morgan fingerprint density at radius 3 is 2.36 bits per heavy atom. The second-order valence-corrected chi connectivity index (χ2v) is 7.60. The highest BCUT2D eigenvalue weighted by Gasteiger charge is 2.16. The molecule has 3 rings (SSSR count). The van der Waals surface area contributed by atoms with Crippen LogP contribution in [0.2, 0.25) is 10.0 Å². The Morgan fingerprint density at radius 1 is 1.04 bits per heavy atom. The van der Waals surface area contributed by atoms with E-state index in [-0.39, 0.29) is 6.04 Å². The van der Waals surface area contributed by atoms with E-state index in [9.17, 15) is 8.78 Å². The third-order valence-corrected chi connectivity index (χ3v) is 5.64. The average molecular weight is 424 g/mol. The van der Waals surface area contributed by atoms with Crippen molar-refractivity contribution < 1.29 is 8.78 Å². The molecule has 3 nitrogen and oxygen atoms in total. The summed E-state index contributed by atoms with van der Waals surface area (Å²) < 4.78 is 28.5. The molecule has 0 amide bonds. The number of rotatable bonds is 6. The maximum atomic E-state index is 13.5. The first-order valence-electron chi connectivity index (χ1n) is 8.92. The van der Waals surface area contributed by atoms with Gasteiger partial charge in [0.15, 0.2) is 11.6 Å². The number of hydrogen-bond acceptors (Lipinski definition) is 2. The molecule has 1 heterocycles. The van der Waals surface area contributed by atoms with Crippen LogP contribution in [0.15, 0.2) is 36.4 Å². The first-order valence-corrected chi connectivity index (χ1v) is 9.67. The summed E-state index contributed by atoms with van der Waals surface area (Å²) in [7, 11) is 0. The summed E-state index contributed by atoms with van der Waals surface area (Å²) >= 11 is 12.6. The minimum Gasteiger partial charge on any atom is -0.306 e. The van der Waals surface area contributed by atoms with Crippen molar-refractivity contribution in [3.05, 3.63) is 86.2 Å². The Bertz CT molecular complexity index is 981. The molecule has 1 aromatic heterocycles. The van der Waals surface area contributed by atoms with Crippen LogP contribution in [0.1, 0.15) is 41.0 Å². The number of nitrogens with one attached hydrogen (secondary N) is 1. The van der Waals surface area contributed by atoms with Gasteiger partial charge in [-0.1, -0.05) is 35.3 Å². The number of halogens is 4. The van der Waals surface area contributed by atoms with Gasteiger partial charge < -0.3 is 5.32 Å². The molecule has 0 saturated heterocycles. The Balaban J connectivity index is 1.75. The molecule has 0 fully saturated rings. The highest BCUT2D eigenvalue weighted by atomic mass is 35.5. The third kappa shape index (κ3) is 4.37. The van der Waals surface area contributed by atoms with E-state index in [2.05, 4.69) is 10.4 Å². The van der Waals surface area contributed by atoms with Gasteiger partial charge in [-0.25, -0.2) is 8.78 Å². The SMILES string of the molecule is Cc1nn(Cc2c(Cl)cccc2Cl)c(C)c1CNC(C)c1ccc(F)c(F)c1. The Kier molecular flexibility index (Phi) is 6.38. The lowest BCUT2D eigenvalue weighted by atomic mass is 10.1. The molecule has 0 aliphatic heterocycles. The van der Waals surface area contributed by atoms with Gasteiger partial charge in [-0.3, -0.25) is 4.68 Å². The topological polar surface area (TPSA) is 29.9 Å². The third-order valence-electron chi connectivity index (χ3n) is 4.93. The lowest BCUT2D eigenvalue weighted by molar-refractivity contribution is 0.500. The summed E-state index contributed by atoms with van der Waals surface area (Å²) in [6.45, 7) is 6.87. The zero-order valence-electron chi connectivity index (χ0n) is 15.9. The van der Waals surface area contributed by atoms with Crippen LogP contribution in [-0.4, -0.2) is 9.78 Å². The minimum absolute atomic E-state index is 0.143. The molecule has 2 aromatic carbocycles. The van der Waals surface area contributed by atoms with Crippen LogP contribution in [0, 0.1) is 25.5 Å². The molecule has 1 atom stereocenters. The Morgan fingerprint density at radius 2 is 1.71 bits per heavy atom. The van der Waals surface area contributed by atoms with Gasteiger partial charge in [-0.15, -0.1) is 0 Å². The van der Waals surface area contributed by atoms with Crippen molar-refractivity contribution in [3.8, 4) is 0 Å². The molecule has 7 heteroatoms. The van der Waals surface area contributed by atoms with Crippen LogP contribution >= 0.6 is 23.2 Å². The molecule has 0 saturated carbocycles. The van der Waals surface area contributed by atoms with Crippen LogP contribution in [-0.2, 0) is 13.1 Å². The van der Waals surface area contributed by atoms with E-state index in [1.807, 2.05) is 31.5 Å². The van der Waals surface area contributed by atoms with Crippen molar-refractivity contribution in [2.24, 2.45) is 0 Å². The normalized spacial score (nSPS) is 12.4. The van der Waals surface area contributed by atoms with Crippen LogP contribution in [0.25, 0.3) is 0 Å². The first-order chi connectivity index (χ1) is 13.3. The summed E-state index contributed by atoms with van der Waals surface area (Å²) in [5.41, 5.74) is 4.46. The van der Waals surface area contributed by atoms with Gasteiger partial charge >= 0.3 is 0 Å². The van der Waals surface area contributed by atoms with E-state index in [1.165, 1.54) is 6.07 Å². The monoisotopic (exact) mass is 423 g/mol. The van der Waals surface area contributed by atoms with E-state index < -0.39 is 11.6 Å². The van der Waals surface area contributed by atoms with E-state index in [0.29, 0.717) is 28.7 Å². The highest BCUT2D eigenvalue weighted by Crippen LogP contribution is 2.26. The van der Waals surface area contributed by atoms with Crippen molar-refractivity contribution in [2.75, 3.05) is 0 Å². The largest absolute Gasteiger partial charge is 0.306 e. The van der Waals surface area contributed by atoms with Crippen LogP contribution < -0.4 is 5.32 Å². The minimum atomic E-state index is -0.845. The van der Waals surface area contributed by atoms with Gasteiger partial charge in [0, 0.05) is 39.5 Å². The van der Waals surface area contributed by atoms with Gasteiger partial charge in [-0.05, 0) is 50.6 Å². The van der Waals surface area contributed by atoms with E-state index >= 15 is 0 Å². The molecule has 0 aliphatic carbocycles. The summed E-state index contributed by atoms with van der Waals surface area (Å²) in [5.74, 6) is -1.69. The van der Waals surface area contributed by atoms with Crippen molar-refractivity contribution >= 4 is 23.2 Å². The molecule has 0 bridgehead atoms. The maximum absolute atomic E-state index is 13.5. The molecule has 0 spiro atoms. The van der Waals surface area contributed by atoms with Crippen LogP contribution in [0.5, 0.6) is 0 Å². The van der Waals surface area contributed by atoms with Crippen LogP contribution in [0.4, 0.5) is 8.78 Å². The fourth-order valence-electron chi connectivity index (χ4n) is 3.13. The quantitative estimate of drug-likeness (QED) is 0.527. The number of benzene rings is 2. The van der Waals surface area contributed by atoms with Gasteiger partial charge in [0.1, 0.15) is 0 Å². The second kappa shape index (κ2) is 8.60. The lowest BCUT2D eigenvalue weighted by Gasteiger charge is -2.15. The number of nitrogens with zero attached hydrogens (tertiary/aromatic N) is 2. The molecule has 1 unspecified atom stereocenters. The van der Waals surface area contributed by atoms with Gasteiger partial charge in [0.25, 0.3) is 0 Å². The molecule has 1 N–H and O–H groups in total.